The van der Waals surface area contributed by atoms with Crippen LogP contribution in [0.4, 0.5) is 0 Å². The summed E-state index contributed by atoms with van der Waals surface area (Å²) in [5, 5.41) is 14.0. The maximum atomic E-state index is 12.8. The molecule has 0 bridgehead atoms. The lowest BCUT2D eigenvalue weighted by Crippen LogP contribution is -2.06. The van der Waals surface area contributed by atoms with Crippen molar-refractivity contribution in [3.63, 3.8) is 0 Å². The van der Waals surface area contributed by atoms with Gasteiger partial charge < -0.3 is 4.57 Å². The van der Waals surface area contributed by atoms with Crippen LogP contribution in [0, 0.1) is 32.1 Å². The molecule has 2 heterocycles. The molecule has 0 fully saturated rings. The number of Topliss-reactive ketones (excluding diaryl/α,β-unsaturated/α-hetero) is 1. The summed E-state index contributed by atoms with van der Waals surface area (Å²) in [7, 11) is 1.71. The Bertz CT molecular complexity index is 893. The number of nitrogens with zero attached hydrogens (tertiary/aromatic N) is 4. The molecule has 0 aliphatic heterocycles. The van der Waals surface area contributed by atoms with Gasteiger partial charge in [-0.3, -0.25) is 9.48 Å². The highest BCUT2D eigenvalue weighted by Gasteiger charge is 2.20. The van der Waals surface area contributed by atoms with E-state index in [4.69, 9.17) is 11.6 Å². The number of rotatable bonds is 5. The van der Waals surface area contributed by atoms with Crippen LogP contribution in [0.25, 0.3) is 6.08 Å². The van der Waals surface area contributed by atoms with Gasteiger partial charge in [-0.15, -0.1) is 6.58 Å². The molecular formula is C18H19ClN4O. The van der Waals surface area contributed by atoms with Gasteiger partial charge in [-0.05, 0) is 32.9 Å². The third-order valence-electron chi connectivity index (χ3n) is 3.98. The summed E-state index contributed by atoms with van der Waals surface area (Å²) in [6.45, 7) is 9.91. The summed E-state index contributed by atoms with van der Waals surface area (Å²) in [4.78, 5) is 12.8. The van der Waals surface area contributed by atoms with Crippen LogP contribution >= 0.6 is 11.6 Å². The molecule has 6 heteroatoms. The predicted molar refractivity (Wildman–Crippen MR) is 95.0 cm³/mol. The third kappa shape index (κ3) is 3.06. The van der Waals surface area contributed by atoms with E-state index in [1.54, 1.807) is 26.1 Å². The fourth-order valence-electron chi connectivity index (χ4n) is 2.69. The lowest BCUT2D eigenvalue weighted by molar-refractivity contribution is 0.103. The highest BCUT2D eigenvalue weighted by Crippen LogP contribution is 2.24. The highest BCUT2D eigenvalue weighted by atomic mass is 35.5. The molecule has 0 atom stereocenters. The van der Waals surface area contributed by atoms with Crippen molar-refractivity contribution in [3.05, 3.63) is 57.7 Å². The molecule has 124 valence electrons. The Morgan fingerprint density at radius 2 is 2.12 bits per heavy atom. The van der Waals surface area contributed by atoms with Gasteiger partial charge in [-0.25, -0.2) is 0 Å². The molecule has 0 unspecified atom stereocenters. The number of carbonyl (C=O) groups is 1. The molecule has 2 aromatic rings. The fourth-order valence-corrected chi connectivity index (χ4v) is 2.92. The Labute approximate surface area is 146 Å². The van der Waals surface area contributed by atoms with Crippen molar-refractivity contribution >= 4 is 23.5 Å². The second-order valence-corrected chi connectivity index (χ2v) is 5.95. The molecule has 0 aliphatic carbocycles. The summed E-state index contributed by atoms with van der Waals surface area (Å²) in [6, 6.07) is 3.78. The van der Waals surface area contributed by atoms with Crippen molar-refractivity contribution in [2.75, 3.05) is 0 Å². The molecule has 2 rings (SSSR count). The minimum atomic E-state index is -0.319. The van der Waals surface area contributed by atoms with Crippen LogP contribution in [-0.4, -0.2) is 20.1 Å². The maximum Gasteiger partial charge on any atom is 0.205 e. The molecule has 0 spiro atoms. The van der Waals surface area contributed by atoms with E-state index in [0.717, 1.165) is 11.4 Å². The van der Waals surface area contributed by atoms with Crippen LogP contribution in [0.15, 0.2) is 24.3 Å². The smallest absolute Gasteiger partial charge is 0.205 e. The van der Waals surface area contributed by atoms with Gasteiger partial charge in [0.25, 0.3) is 0 Å². The first kappa shape index (κ1) is 17.8. The quantitative estimate of drug-likeness (QED) is 0.359. The number of carbonyl (C=O) groups excluding carboxylic acids is 1. The van der Waals surface area contributed by atoms with Gasteiger partial charge in [0.2, 0.25) is 5.78 Å². The molecule has 0 N–H and O–H groups in total. The van der Waals surface area contributed by atoms with E-state index in [-0.39, 0.29) is 11.4 Å². The number of hydrogen-bond acceptors (Lipinski definition) is 3. The first-order valence-electron chi connectivity index (χ1n) is 7.45. The second kappa shape index (κ2) is 6.90. The average molecular weight is 343 g/mol. The van der Waals surface area contributed by atoms with Crippen LogP contribution in [0.3, 0.4) is 0 Å². The van der Waals surface area contributed by atoms with Crippen molar-refractivity contribution < 1.29 is 4.79 Å². The molecule has 0 amide bonds. The molecule has 0 saturated heterocycles. The first-order valence-corrected chi connectivity index (χ1v) is 7.82. The summed E-state index contributed by atoms with van der Waals surface area (Å²) in [5.74, 6) is -0.319. The van der Waals surface area contributed by atoms with Gasteiger partial charge in [0.15, 0.2) is 0 Å². The standard InChI is InChI=1S/C18H19ClN4O/c1-6-7-23-11(2)8-16(13(23)4)17(24)14(10-20)9-15-12(3)21-22(5)18(15)19/h6,8-9H,1,7H2,2-5H3/b14-9+. The van der Waals surface area contributed by atoms with Gasteiger partial charge in [-0.1, -0.05) is 17.7 Å². The molecule has 2 aromatic heterocycles. The van der Waals surface area contributed by atoms with Gasteiger partial charge in [0, 0.05) is 36.1 Å². The first-order chi connectivity index (χ1) is 11.3. The van der Waals surface area contributed by atoms with Crippen molar-refractivity contribution in [1.29, 1.82) is 5.26 Å². The Balaban J connectivity index is 2.51. The predicted octanol–water partition coefficient (Wildman–Crippen LogP) is 3.78. The van der Waals surface area contributed by atoms with E-state index in [1.807, 2.05) is 24.5 Å². The Morgan fingerprint density at radius 3 is 2.62 bits per heavy atom. The van der Waals surface area contributed by atoms with Crippen LogP contribution in [0.1, 0.15) is 33.0 Å². The van der Waals surface area contributed by atoms with Gasteiger partial charge in [0.1, 0.15) is 16.8 Å². The minimum absolute atomic E-state index is 0.0341. The van der Waals surface area contributed by atoms with Crippen LogP contribution in [-0.2, 0) is 13.6 Å². The zero-order chi connectivity index (χ0) is 18.0. The Kier molecular flexibility index (Phi) is 5.10. The summed E-state index contributed by atoms with van der Waals surface area (Å²) < 4.78 is 3.50. The van der Waals surface area contributed by atoms with Crippen molar-refractivity contribution in [2.45, 2.75) is 27.3 Å². The zero-order valence-electron chi connectivity index (χ0n) is 14.2. The number of nitriles is 1. The monoisotopic (exact) mass is 342 g/mol. The van der Waals surface area contributed by atoms with Crippen LogP contribution in [0.5, 0.6) is 0 Å². The number of ketones is 1. The normalized spacial score (nSPS) is 11.4. The largest absolute Gasteiger partial charge is 0.345 e. The van der Waals surface area contributed by atoms with E-state index in [0.29, 0.717) is 28.5 Å². The molecule has 0 aromatic carbocycles. The van der Waals surface area contributed by atoms with Gasteiger partial charge >= 0.3 is 0 Å². The van der Waals surface area contributed by atoms with E-state index >= 15 is 0 Å². The van der Waals surface area contributed by atoms with E-state index in [2.05, 4.69) is 11.7 Å². The fraction of sp³-hybridized carbons (Fsp3) is 0.278. The third-order valence-corrected chi connectivity index (χ3v) is 4.43. The topological polar surface area (TPSA) is 63.6 Å². The number of allylic oxidation sites excluding steroid dienone is 2. The highest BCUT2D eigenvalue weighted by molar-refractivity contribution is 6.31. The van der Waals surface area contributed by atoms with Crippen molar-refractivity contribution in [1.82, 2.24) is 14.3 Å². The molecule has 0 radical (unpaired) electrons. The van der Waals surface area contributed by atoms with E-state index in [9.17, 15) is 10.1 Å². The zero-order valence-corrected chi connectivity index (χ0v) is 15.0. The number of aryl methyl sites for hydroxylation is 3. The average Bonchev–Trinajstić information content (AvgIpc) is 2.95. The van der Waals surface area contributed by atoms with Gasteiger partial charge in [0.05, 0.1) is 5.69 Å². The molecular weight excluding hydrogens is 324 g/mol. The summed E-state index contributed by atoms with van der Waals surface area (Å²) in [6.07, 6.45) is 3.28. The number of aromatic nitrogens is 3. The second-order valence-electron chi connectivity index (χ2n) is 5.60. The molecule has 0 aliphatic rings. The number of hydrogen-bond donors (Lipinski definition) is 0. The van der Waals surface area contributed by atoms with Crippen molar-refractivity contribution in [3.8, 4) is 6.07 Å². The Hall–Kier alpha value is -2.58. The minimum Gasteiger partial charge on any atom is -0.345 e. The lowest BCUT2D eigenvalue weighted by atomic mass is 10.0. The molecule has 24 heavy (non-hydrogen) atoms. The van der Waals surface area contributed by atoms with Crippen molar-refractivity contribution in [2.24, 2.45) is 7.05 Å². The SMILES string of the molecule is C=CCn1c(C)cc(C(=O)/C(C#N)=C/c2c(C)nn(C)c2Cl)c1C. The van der Waals surface area contributed by atoms with Crippen LogP contribution in [0.2, 0.25) is 5.15 Å². The lowest BCUT2D eigenvalue weighted by Gasteiger charge is -2.06. The van der Waals surface area contributed by atoms with E-state index < -0.39 is 0 Å². The van der Waals surface area contributed by atoms with Gasteiger partial charge in [-0.2, -0.15) is 10.4 Å². The van der Waals surface area contributed by atoms with Crippen LogP contribution < -0.4 is 0 Å². The maximum absolute atomic E-state index is 12.8. The number of halogens is 1. The Morgan fingerprint density at radius 1 is 1.46 bits per heavy atom. The summed E-state index contributed by atoms with van der Waals surface area (Å²) in [5.41, 5.74) is 3.56. The summed E-state index contributed by atoms with van der Waals surface area (Å²) >= 11 is 6.19. The van der Waals surface area contributed by atoms with E-state index in [1.165, 1.54) is 10.8 Å². The molecule has 5 nitrogen and oxygen atoms in total. The molecule has 0 saturated carbocycles.